The molecule has 0 bridgehead atoms. The van der Waals surface area contributed by atoms with Crippen molar-refractivity contribution in [2.75, 3.05) is 20.7 Å². The standard InChI is InChI=1S/C23H22N4O4.C2H6/c1-27(14-28)11-10-17(29)7-6-15-4-3-5-16(12-15)23-25-20-9-8-18(31-2)13-19(20)21(26-23)22(24)30;1-2/h3-5,8-9,12-14,17,29H,10-11H2,1-2H3,(H2,24,30);1-2H3/t17-;/m0./s1. The number of nitrogens with zero attached hydrogens (tertiary/aromatic N) is 3. The lowest BCUT2D eigenvalue weighted by Gasteiger charge is -2.10. The summed E-state index contributed by atoms with van der Waals surface area (Å²) in [7, 11) is 3.17. The van der Waals surface area contributed by atoms with Crippen LogP contribution in [-0.2, 0) is 4.79 Å². The molecule has 33 heavy (non-hydrogen) atoms. The summed E-state index contributed by atoms with van der Waals surface area (Å²) in [5.41, 5.74) is 7.51. The third-order valence-electron chi connectivity index (χ3n) is 4.58. The second-order valence-electron chi connectivity index (χ2n) is 6.88. The van der Waals surface area contributed by atoms with Gasteiger partial charge in [0.05, 0.1) is 12.6 Å². The first-order valence-electron chi connectivity index (χ1n) is 10.5. The molecule has 0 aliphatic heterocycles. The molecule has 3 N–H and O–H groups in total. The van der Waals surface area contributed by atoms with Crippen molar-refractivity contribution in [1.29, 1.82) is 0 Å². The largest absolute Gasteiger partial charge is 0.497 e. The maximum atomic E-state index is 12.0. The summed E-state index contributed by atoms with van der Waals surface area (Å²) >= 11 is 0. The zero-order valence-electron chi connectivity index (χ0n) is 19.2. The Balaban J connectivity index is 0.00000187. The van der Waals surface area contributed by atoms with E-state index >= 15 is 0 Å². The molecule has 1 aromatic heterocycles. The average Bonchev–Trinajstić information content (AvgIpc) is 2.86. The van der Waals surface area contributed by atoms with Gasteiger partial charge in [-0.2, -0.15) is 0 Å². The van der Waals surface area contributed by atoms with Crippen LogP contribution in [0, 0.1) is 11.8 Å². The number of primary amides is 1. The van der Waals surface area contributed by atoms with E-state index in [1.54, 1.807) is 49.5 Å². The Morgan fingerprint density at radius 3 is 2.67 bits per heavy atom. The molecular formula is C25H28N4O4. The Labute approximate surface area is 193 Å². The Kier molecular flexibility index (Phi) is 9.33. The molecule has 0 aliphatic carbocycles. The summed E-state index contributed by atoms with van der Waals surface area (Å²) in [6.07, 6.45) is 0.185. The van der Waals surface area contributed by atoms with Gasteiger partial charge >= 0.3 is 0 Å². The molecule has 1 heterocycles. The van der Waals surface area contributed by atoms with Gasteiger partial charge in [0.25, 0.3) is 5.91 Å². The molecule has 0 aliphatic rings. The number of fused-ring (bicyclic) bond motifs is 1. The number of hydrogen-bond donors (Lipinski definition) is 2. The molecular weight excluding hydrogens is 420 g/mol. The first-order valence-corrected chi connectivity index (χ1v) is 10.5. The fourth-order valence-electron chi connectivity index (χ4n) is 2.90. The highest BCUT2D eigenvalue weighted by molar-refractivity contribution is 6.04. The van der Waals surface area contributed by atoms with E-state index < -0.39 is 12.0 Å². The number of methoxy groups -OCH3 is 1. The lowest BCUT2D eigenvalue weighted by atomic mass is 10.1. The van der Waals surface area contributed by atoms with Crippen molar-refractivity contribution >= 4 is 23.2 Å². The molecule has 0 saturated carbocycles. The Morgan fingerprint density at radius 1 is 1.24 bits per heavy atom. The quantitative estimate of drug-likeness (QED) is 0.424. The molecule has 0 radical (unpaired) electrons. The number of benzene rings is 2. The lowest BCUT2D eigenvalue weighted by molar-refractivity contribution is -0.117. The minimum Gasteiger partial charge on any atom is -0.497 e. The van der Waals surface area contributed by atoms with Crippen molar-refractivity contribution in [3.8, 4) is 29.0 Å². The highest BCUT2D eigenvalue weighted by Gasteiger charge is 2.14. The number of aromatic nitrogens is 2. The normalized spacial score (nSPS) is 10.8. The number of ether oxygens (including phenoxy) is 1. The van der Waals surface area contributed by atoms with Crippen LogP contribution in [0.1, 0.15) is 36.3 Å². The van der Waals surface area contributed by atoms with E-state index in [0.29, 0.717) is 53.0 Å². The van der Waals surface area contributed by atoms with E-state index in [4.69, 9.17) is 10.5 Å². The zero-order valence-corrected chi connectivity index (χ0v) is 19.2. The molecule has 2 aromatic carbocycles. The average molecular weight is 449 g/mol. The number of amides is 2. The van der Waals surface area contributed by atoms with E-state index in [1.165, 1.54) is 12.0 Å². The topological polar surface area (TPSA) is 119 Å². The monoisotopic (exact) mass is 448 g/mol. The summed E-state index contributed by atoms with van der Waals surface area (Å²) in [5, 5.41) is 10.5. The van der Waals surface area contributed by atoms with Gasteiger partial charge in [-0.05, 0) is 30.3 Å². The molecule has 0 saturated heterocycles. The number of nitrogens with two attached hydrogens (primary N) is 1. The molecule has 2 amide bonds. The van der Waals surface area contributed by atoms with E-state index in [9.17, 15) is 14.7 Å². The van der Waals surface area contributed by atoms with Crippen molar-refractivity contribution in [3.63, 3.8) is 0 Å². The minimum atomic E-state index is -0.862. The molecule has 1 atom stereocenters. The predicted molar refractivity (Wildman–Crippen MR) is 128 cm³/mol. The van der Waals surface area contributed by atoms with Crippen LogP contribution in [0.2, 0.25) is 0 Å². The van der Waals surface area contributed by atoms with Crippen LogP contribution in [0.3, 0.4) is 0 Å². The zero-order chi connectivity index (χ0) is 24.4. The van der Waals surface area contributed by atoms with Gasteiger partial charge < -0.3 is 20.5 Å². The highest BCUT2D eigenvalue weighted by Crippen LogP contribution is 2.25. The third-order valence-corrected chi connectivity index (χ3v) is 4.58. The molecule has 3 rings (SSSR count). The van der Waals surface area contributed by atoms with Crippen LogP contribution in [0.25, 0.3) is 22.3 Å². The summed E-state index contributed by atoms with van der Waals surface area (Å²) in [4.78, 5) is 32.9. The van der Waals surface area contributed by atoms with E-state index in [0.717, 1.165) is 0 Å². The van der Waals surface area contributed by atoms with Crippen LogP contribution in [0.5, 0.6) is 5.75 Å². The van der Waals surface area contributed by atoms with Gasteiger partial charge in [-0.15, -0.1) is 0 Å². The summed E-state index contributed by atoms with van der Waals surface area (Å²) < 4.78 is 5.21. The highest BCUT2D eigenvalue weighted by atomic mass is 16.5. The molecule has 0 unspecified atom stereocenters. The predicted octanol–water partition coefficient (Wildman–Crippen LogP) is 2.62. The number of carbonyl (C=O) groups is 2. The number of aliphatic hydroxyl groups excluding tert-OH is 1. The van der Waals surface area contributed by atoms with Crippen molar-refractivity contribution in [1.82, 2.24) is 14.9 Å². The lowest BCUT2D eigenvalue weighted by Crippen LogP contribution is -2.21. The molecule has 0 spiro atoms. The van der Waals surface area contributed by atoms with E-state index in [1.807, 2.05) is 13.8 Å². The maximum absolute atomic E-state index is 12.0. The first kappa shape index (κ1) is 25.3. The fraction of sp³-hybridized carbons (Fsp3) is 0.280. The van der Waals surface area contributed by atoms with Gasteiger partial charge in [-0.1, -0.05) is 37.8 Å². The number of rotatable bonds is 7. The molecule has 0 fully saturated rings. The second-order valence-corrected chi connectivity index (χ2v) is 6.88. The van der Waals surface area contributed by atoms with Crippen molar-refractivity contribution in [3.05, 3.63) is 53.7 Å². The Bertz CT molecular complexity index is 1180. The van der Waals surface area contributed by atoms with Gasteiger partial charge in [-0.25, -0.2) is 9.97 Å². The summed E-state index contributed by atoms with van der Waals surface area (Å²) in [6.45, 7) is 4.41. The van der Waals surface area contributed by atoms with Gasteiger partial charge in [0.2, 0.25) is 6.41 Å². The van der Waals surface area contributed by atoms with Crippen LogP contribution < -0.4 is 10.5 Å². The van der Waals surface area contributed by atoms with Gasteiger partial charge in [0.15, 0.2) is 5.82 Å². The van der Waals surface area contributed by atoms with Gasteiger partial charge in [0, 0.05) is 36.5 Å². The first-order chi connectivity index (χ1) is 15.9. The van der Waals surface area contributed by atoms with Crippen LogP contribution in [0.15, 0.2) is 42.5 Å². The molecule has 3 aromatic rings. The van der Waals surface area contributed by atoms with E-state index in [2.05, 4.69) is 21.8 Å². The summed E-state index contributed by atoms with van der Waals surface area (Å²) in [5.74, 6) is 5.92. The number of hydrogen-bond acceptors (Lipinski definition) is 6. The third kappa shape index (κ3) is 6.76. The maximum Gasteiger partial charge on any atom is 0.268 e. The minimum absolute atomic E-state index is 0.102. The van der Waals surface area contributed by atoms with Gasteiger partial charge in [0.1, 0.15) is 17.5 Å². The second kappa shape index (κ2) is 12.2. The SMILES string of the molecule is CC.COc1ccc2nc(-c3cccc(C#C[C@H](O)CCN(C)C=O)c3)nc(C(N)=O)c2c1. The Hall–Kier alpha value is -3.96. The molecule has 8 nitrogen and oxygen atoms in total. The van der Waals surface area contributed by atoms with Crippen LogP contribution in [0.4, 0.5) is 0 Å². The van der Waals surface area contributed by atoms with Gasteiger partial charge in [-0.3, -0.25) is 9.59 Å². The Morgan fingerprint density at radius 2 is 2.00 bits per heavy atom. The number of carbonyl (C=O) groups excluding carboxylic acids is 2. The summed E-state index contributed by atoms with van der Waals surface area (Å²) in [6, 6.07) is 12.3. The van der Waals surface area contributed by atoms with Crippen molar-refractivity contribution in [2.45, 2.75) is 26.4 Å². The fourth-order valence-corrected chi connectivity index (χ4v) is 2.90. The molecule has 8 heteroatoms. The molecule has 172 valence electrons. The number of aliphatic hydroxyl groups is 1. The van der Waals surface area contributed by atoms with Crippen molar-refractivity contribution < 1.29 is 19.4 Å². The smallest absolute Gasteiger partial charge is 0.268 e. The van der Waals surface area contributed by atoms with E-state index in [-0.39, 0.29) is 5.69 Å². The van der Waals surface area contributed by atoms with Crippen molar-refractivity contribution in [2.24, 2.45) is 5.73 Å². The van der Waals surface area contributed by atoms with Crippen LogP contribution >= 0.6 is 0 Å². The van der Waals surface area contributed by atoms with Crippen LogP contribution in [-0.4, -0.2) is 59.1 Å².